The standard InChI is InChI=1S/C25H48O6/c1-20(2)13-9-5-7-11-15-22(29)24(25(17-26,18-27)19-28)31-23(30)16-12-8-6-10-14-21(3)4/h20-21,24,26-28H,5-19H2,1-4H3. The molecule has 6 heteroatoms. The van der Waals surface area contributed by atoms with Crippen molar-refractivity contribution in [2.45, 2.75) is 111 Å². The topological polar surface area (TPSA) is 104 Å². The summed E-state index contributed by atoms with van der Waals surface area (Å²) in [5.74, 6) is 0.487. The zero-order valence-corrected chi connectivity index (χ0v) is 20.4. The lowest BCUT2D eigenvalue weighted by molar-refractivity contribution is -0.173. The van der Waals surface area contributed by atoms with Gasteiger partial charge in [0.1, 0.15) is 0 Å². The Morgan fingerprint density at radius 1 is 0.677 bits per heavy atom. The van der Waals surface area contributed by atoms with Crippen LogP contribution in [0.4, 0.5) is 0 Å². The predicted octanol–water partition coefficient (Wildman–Crippen LogP) is 4.42. The van der Waals surface area contributed by atoms with Gasteiger partial charge in [0.05, 0.1) is 25.2 Å². The molecule has 0 aliphatic heterocycles. The molecule has 0 bridgehead atoms. The monoisotopic (exact) mass is 444 g/mol. The number of rotatable bonds is 20. The molecule has 1 unspecified atom stereocenters. The third-order valence-electron chi connectivity index (χ3n) is 5.91. The largest absolute Gasteiger partial charge is 0.453 e. The number of aliphatic hydroxyl groups is 3. The fourth-order valence-electron chi connectivity index (χ4n) is 3.63. The third kappa shape index (κ3) is 13.2. The quantitative estimate of drug-likeness (QED) is 0.190. The maximum atomic E-state index is 12.8. The van der Waals surface area contributed by atoms with Gasteiger partial charge in [-0.3, -0.25) is 9.59 Å². The van der Waals surface area contributed by atoms with Crippen LogP contribution in [0.2, 0.25) is 0 Å². The molecule has 1 atom stereocenters. The molecular formula is C25H48O6. The van der Waals surface area contributed by atoms with E-state index in [1.165, 1.54) is 6.42 Å². The first kappa shape index (κ1) is 30.0. The van der Waals surface area contributed by atoms with Crippen molar-refractivity contribution in [2.24, 2.45) is 17.3 Å². The van der Waals surface area contributed by atoms with Crippen LogP contribution < -0.4 is 0 Å². The van der Waals surface area contributed by atoms with Gasteiger partial charge < -0.3 is 20.1 Å². The van der Waals surface area contributed by atoms with Gasteiger partial charge in [0.25, 0.3) is 0 Å². The van der Waals surface area contributed by atoms with E-state index in [9.17, 15) is 24.9 Å². The molecule has 0 aliphatic carbocycles. The minimum absolute atomic E-state index is 0.193. The number of carbonyl (C=O) groups excluding carboxylic acids is 2. The predicted molar refractivity (Wildman–Crippen MR) is 124 cm³/mol. The summed E-state index contributed by atoms with van der Waals surface area (Å²) in [6.07, 6.45) is 8.92. The van der Waals surface area contributed by atoms with Crippen LogP contribution in [-0.4, -0.2) is 53.0 Å². The van der Waals surface area contributed by atoms with E-state index in [-0.39, 0.29) is 18.6 Å². The molecule has 0 radical (unpaired) electrons. The summed E-state index contributed by atoms with van der Waals surface area (Å²) in [5, 5.41) is 29.3. The Labute approximate surface area is 189 Å². The first-order chi connectivity index (χ1) is 14.7. The Kier molecular flexibility index (Phi) is 17.0. The summed E-state index contributed by atoms with van der Waals surface area (Å²) in [6, 6.07) is 0. The molecule has 3 N–H and O–H groups in total. The van der Waals surface area contributed by atoms with Gasteiger partial charge in [0, 0.05) is 12.8 Å². The second-order valence-electron chi connectivity index (χ2n) is 9.87. The first-order valence-corrected chi connectivity index (χ1v) is 12.3. The highest BCUT2D eigenvalue weighted by Crippen LogP contribution is 2.27. The van der Waals surface area contributed by atoms with Crippen LogP contribution in [0.5, 0.6) is 0 Å². The zero-order chi connectivity index (χ0) is 23.7. The van der Waals surface area contributed by atoms with Gasteiger partial charge in [-0.1, -0.05) is 79.1 Å². The second kappa shape index (κ2) is 17.6. The molecule has 0 heterocycles. The molecule has 0 amide bonds. The molecule has 0 aromatic heterocycles. The highest BCUT2D eigenvalue weighted by atomic mass is 16.5. The smallest absolute Gasteiger partial charge is 0.306 e. The van der Waals surface area contributed by atoms with Gasteiger partial charge in [-0.2, -0.15) is 0 Å². The van der Waals surface area contributed by atoms with E-state index in [1.54, 1.807) is 0 Å². The van der Waals surface area contributed by atoms with E-state index in [0.717, 1.165) is 44.9 Å². The summed E-state index contributed by atoms with van der Waals surface area (Å²) in [5.41, 5.74) is -1.55. The Hall–Kier alpha value is -0.980. The van der Waals surface area contributed by atoms with Crippen molar-refractivity contribution >= 4 is 11.8 Å². The lowest BCUT2D eigenvalue weighted by Crippen LogP contribution is -2.51. The first-order valence-electron chi connectivity index (χ1n) is 12.3. The fraction of sp³-hybridized carbons (Fsp3) is 0.920. The average Bonchev–Trinajstić information content (AvgIpc) is 2.73. The van der Waals surface area contributed by atoms with Crippen LogP contribution in [0.15, 0.2) is 0 Å². The summed E-state index contributed by atoms with van der Waals surface area (Å²) in [6.45, 7) is 6.86. The molecule has 0 rings (SSSR count). The molecular weight excluding hydrogens is 396 g/mol. The lowest BCUT2D eigenvalue weighted by Gasteiger charge is -2.34. The number of ketones is 1. The zero-order valence-electron chi connectivity index (χ0n) is 20.4. The highest BCUT2D eigenvalue weighted by molar-refractivity contribution is 5.86. The van der Waals surface area contributed by atoms with E-state index in [1.807, 2.05) is 0 Å². The number of unbranched alkanes of at least 4 members (excludes halogenated alkanes) is 6. The molecule has 0 fully saturated rings. The molecule has 184 valence electrons. The maximum Gasteiger partial charge on any atom is 0.306 e. The molecule has 31 heavy (non-hydrogen) atoms. The van der Waals surface area contributed by atoms with Crippen molar-refractivity contribution in [1.82, 2.24) is 0 Å². The molecule has 0 aliphatic rings. The molecule has 0 aromatic rings. The van der Waals surface area contributed by atoms with Crippen molar-refractivity contribution in [1.29, 1.82) is 0 Å². The van der Waals surface area contributed by atoms with Gasteiger partial charge in [0.15, 0.2) is 11.9 Å². The van der Waals surface area contributed by atoms with Gasteiger partial charge in [-0.05, 0) is 24.7 Å². The van der Waals surface area contributed by atoms with Crippen LogP contribution in [0.3, 0.4) is 0 Å². The minimum atomic E-state index is -1.55. The van der Waals surface area contributed by atoms with Gasteiger partial charge >= 0.3 is 5.97 Å². The van der Waals surface area contributed by atoms with Crippen LogP contribution in [-0.2, 0) is 14.3 Å². The number of hydrogen-bond donors (Lipinski definition) is 3. The maximum absolute atomic E-state index is 12.8. The Balaban J connectivity index is 4.66. The van der Waals surface area contributed by atoms with E-state index >= 15 is 0 Å². The summed E-state index contributed by atoms with van der Waals surface area (Å²) in [7, 11) is 0. The Morgan fingerprint density at radius 3 is 1.52 bits per heavy atom. The highest BCUT2D eigenvalue weighted by Gasteiger charge is 2.44. The van der Waals surface area contributed by atoms with E-state index in [0.29, 0.717) is 24.7 Å². The average molecular weight is 445 g/mol. The van der Waals surface area contributed by atoms with E-state index in [2.05, 4.69) is 27.7 Å². The minimum Gasteiger partial charge on any atom is -0.453 e. The molecule has 0 saturated carbocycles. The normalized spacial score (nSPS) is 13.1. The number of Topliss-reactive ketones (excluding diaryl/α,β-unsaturated/α-hetero) is 1. The SMILES string of the molecule is CC(C)CCCCCCC(=O)OC(C(=O)CCCCCCC(C)C)C(CO)(CO)CO. The molecule has 0 spiro atoms. The number of esters is 1. The number of aliphatic hydroxyl groups excluding tert-OH is 3. The Bertz CT molecular complexity index is 462. The lowest BCUT2D eigenvalue weighted by atomic mass is 9.81. The van der Waals surface area contributed by atoms with Crippen LogP contribution in [0, 0.1) is 17.3 Å². The fourth-order valence-corrected chi connectivity index (χ4v) is 3.63. The summed E-state index contributed by atoms with van der Waals surface area (Å²) in [4.78, 5) is 25.2. The number of hydrogen-bond acceptors (Lipinski definition) is 6. The molecule has 0 aromatic carbocycles. The van der Waals surface area contributed by atoms with Crippen LogP contribution >= 0.6 is 0 Å². The van der Waals surface area contributed by atoms with Crippen molar-refractivity contribution in [3.05, 3.63) is 0 Å². The number of ether oxygens (including phenoxy) is 1. The molecule has 0 saturated heterocycles. The summed E-state index contributed by atoms with van der Waals surface area (Å²) < 4.78 is 5.44. The Morgan fingerprint density at radius 2 is 1.10 bits per heavy atom. The van der Waals surface area contributed by atoms with Gasteiger partial charge in [0.2, 0.25) is 0 Å². The summed E-state index contributed by atoms with van der Waals surface area (Å²) >= 11 is 0. The van der Waals surface area contributed by atoms with Crippen LogP contribution in [0.1, 0.15) is 105 Å². The van der Waals surface area contributed by atoms with Gasteiger partial charge in [-0.15, -0.1) is 0 Å². The van der Waals surface area contributed by atoms with Crippen molar-refractivity contribution in [2.75, 3.05) is 19.8 Å². The molecule has 6 nitrogen and oxygen atoms in total. The second-order valence-corrected chi connectivity index (χ2v) is 9.87. The number of carbonyl (C=O) groups is 2. The van der Waals surface area contributed by atoms with Crippen molar-refractivity contribution < 1.29 is 29.6 Å². The van der Waals surface area contributed by atoms with Gasteiger partial charge in [-0.25, -0.2) is 0 Å². The van der Waals surface area contributed by atoms with E-state index in [4.69, 9.17) is 4.74 Å². The van der Waals surface area contributed by atoms with Crippen LogP contribution in [0.25, 0.3) is 0 Å². The third-order valence-corrected chi connectivity index (χ3v) is 5.91. The van der Waals surface area contributed by atoms with E-state index < -0.39 is 37.3 Å². The van der Waals surface area contributed by atoms with Crippen molar-refractivity contribution in [3.63, 3.8) is 0 Å². The van der Waals surface area contributed by atoms with Crippen molar-refractivity contribution in [3.8, 4) is 0 Å².